The molecule has 2 atom stereocenters. The lowest BCUT2D eigenvalue weighted by Crippen LogP contribution is -2.22. The molecule has 4 nitrogen and oxygen atoms in total. The van der Waals surface area contributed by atoms with Gasteiger partial charge in [-0.15, -0.1) is 0 Å². The molecule has 1 aromatic carbocycles. The highest BCUT2D eigenvalue weighted by atomic mass is 16.6. The first-order valence-corrected chi connectivity index (χ1v) is 9.26. The Balaban J connectivity index is 1.56. The van der Waals surface area contributed by atoms with Crippen molar-refractivity contribution in [1.82, 2.24) is 0 Å². The van der Waals surface area contributed by atoms with Crippen LogP contribution in [-0.4, -0.2) is 23.6 Å². The van der Waals surface area contributed by atoms with E-state index in [1.807, 2.05) is 46.8 Å². The quantitative estimate of drug-likeness (QED) is 0.607. The summed E-state index contributed by atoms with van der Waals surface area (Å²) in [7, 11) is 0. The molecule has 0 aliphatic heterocycles. The van der Waals surface area contributed by atoms with Crippen molar-refractivity contribution in [3.63, 3.8) is 0 Å². The van der Waals surface area contributed by atoms with E-state index in [0.717, 1.165) is 12.8 Å². The maximum atomic E-state index is 12.6. The topological polar surface area (TPSA) is 52.6 Å². The van der Waals surface area contributed by atoms with Crippen LogP contribution in [0.3, 0.4) is 0 Å². The smallest absolute Gasteiger partial charge is 0.330 e. The molecule has 3 rings (SSSR count). The number of ether oxygens (including phenoxy) is 2. The second-order valence-electron chi connectivity index (χ2n) is 8.95. The monoisotopic (exact) mass is 356 g/mol. The third-order valence-electron chi connectivity index (χ3n) is 5.31. The summed E-state index contributed by atoms with van der Waals surface area (Å²) in [5, 5.41) is 0. The molecule has 0 radical (unpaired) electrons. The van der Waals surface area contributed by atoms with Crippen LogP contribution < -0.4 is 0 Å². The normalized spacial score (nSPS) is 24.3. The number of rotatable bonds is 4. The largest absolute Gasteiger partial charge is 0.461 e. The molecule has 0 unspecified atom stereocenters. The Bertz CT molecular complexity index is 714. The molecule has 2 aliphatic rings. The molecule has 1 saturated carbocycles. The van der Waals surface area contributed by atoms with E-state index < -0.39 is 5.60 Å². The Hall–Kier alpha value is -2.10. The van der Waals surface area contributed by atoms with Crippen LogP contribution in [0.2, 0.25) is 0 Å². The first-order chi connectivity index (χ1) is 12.1. The molecule has 0 bridgehead atoms. The number of hydrogen-bond acceptors (Lipinski definition) is 4. The molecule has 4 heteroatoms. The van der Waals surface area contributed by atoms with Crippen molar-refractivity contribution in [3.05, 3.63) is 47.5 Å². The number of allylic oxidation sites excluding steroid dienone is 1. The van der Waals surface area contributed by atoms with Gasteiger partial charge in [-0.2, -0.15) is 0 Å². The predicted octanol–water partition coefficient (Wildman–Crippen LogP) is 3.87. The Morgan fingerprint density at radius 2 is 1.69 bits per heavy atom. The van der Waals surface area contributed by atoms with Gasteiger partial charge in [-0.25, -0.2) is 4.79 Å². The standard InChI is InChI=1S/C22H28O4/c1-21(2,3)26-18(23)11-10-17-19(22(17,4)5)20(24)25-16-12-14-8-6-7-9-15(14)13-16/h6-11,16-17,19H,12-13H2,1-5H3/t17-,19-/m0/s1. The van der Waals surface area contributed by atoms with E-state index in [9.17, 15) is 9.59 Å². The van der Waals surface area contributed by atoms with E-state index in [1.54, 1.807) is 6.08 Å². The van der Waals surface area contributed by atoms with Crippen molar-refractivity contribution in [1.29, 1.82) is 0 Å². The minimum absolute atomic E-state index is 0.00583. The van der Waals surface area contributed by atoms with Crippen LogP contribution in [0.25, 0.3) is 0 Å². The SMILES string of the molecule is CC(C)(C)OC(=O)C=C[C@H]1[C@@H](C(=O)OC2Cc3ccccc3C2)C1(C)C. The van der Waals surface area contributed by atoms with Gasteiger partial charge < -0.3 is 9.47 Å². The van der Waals surface area contributed by atoms with Crippen LogP contribution in [0.4, 0.5) is 0 Å². The van der Waals surface area contributed by atoms with Gasteiger partial charge in [-0.1, -0.05) is 44.2 Å². The van der Waals surface area contributed by atoms with Crippen LogP contribution in [0.5, 0.6) is 0 Å². The van der Waals surface area contributed by atoms with E-state index in [0.29, 0.717) is 0 Å². The van der Waals surface area contributed by atoms with Crippen molar-refractivity contribution in [3.8, 4) is 0 Å². The Kier molecular flexibility index (Phi) is 4.72. The van der Waals surface area contributed by atoms with Crippen molar-refractivity contribution in [2.24, 2.45) is 17.3 Å². The summed E-state index contributed by atoms with van der Waals surface area (Å²) >= 11 is 0. The summed E-state index contributed by atoms with van der Waals surface area (Å²) in [6.07, 6.45) is 4.73. The second-order valence-corrected chi connectivity index (χ2v) is 8.95. The van der Waals surface area contributed by atoms with Gasteiger partial charge in [0.05, 0.1) is 5.92 Å². The lowest BCUT2D eigenvalue weighted by molar-refractivity contribution is -0.151. The average molecular weight is 356 g/mol. The molecular formula is C22H28O4. The van der Waals surface area contributed by atoms with Gasteiger partial charge in [-0.05, 0) is 43.2 Å². The van der Waals surface area contributed by atoms with Crippen LogP contribution in [-0.2, 0) is 31.9 Å². The van der Waals surface area contributed by atoms with Crippen LogP contribution in [0, 0.1) is 17.3 Å². The third kappa shape index (κ3) is 4.00. The summed E-state index contributed by atoms with van der Waals surface area (Å²) in [5.41, 5.74) is 1.82. The molecule has 140 valence electrons. The van der Waals surface area contributed by atoms with Crippen LogP contribution in [0.1, 0.15) is 45.7 Å². The molecule has 0 spiro atoms. The lowest BCUT2D eigenvalue weighted by atomic mass is 10.1. The fourth-order valence-corrected chi connectivity index (χ4v) is 3.84. The first kappa shape index (κ1) is 18.7. The zero-order valence-corrected chi connectivity index (χ0v) is 16.2. The molecule has 2 aliphatic carbocycles. The summed E-state index contributed by atoms with van der Waals surface area (Å²) < 4.78 is 11.1. The number of hydrogen-bond donors (Lipinski definition) is 0. The average Bonchev–Trinajstić information content (AvgIpc) is 2.85. The van der Waals surface area contributed by atoms with Gasteiger partial charge in [-0.3, -0.25) is 4.79 Å². The highest BCUT2D eigenvalue weighted by Crippen LogP contribution is 2.59. The Labute approximate surface area is 155 Å². The minimum Gasteiger partial charge on any atom is -0.461 e. The number of fused-ring (bicyclic) bond motifs is 1. The summed E-state index contributed by atoms with van der Waals surface area (Å²) in [4.78, 5) is 24.5. The molecule has 1 fully saturated rings. The van der Waals surface area contributed by atoms with Crippen molar-refractivity contribution in [2.45, 2.75) is 59.2 Å². The Morgan fingerprint density at radius 1 is 1.12 bits per heavy atom. The van der Waals surface area contributed by atoms with Gasteiger partial charge >= 0.3 is 11.9 Å². The van der Waals surface area contributed by atoms with E-state index >= 15 is 0 Å². The minimum atomic E-state index is -0.518. The molecule has 26 heavy (non-hydrogen) atoms. The highest BCUT2D eigenvalue weighted by Gasteiger charge is 2.61. The number of carbonyl (C=O) groups excluding carboxylic acids is 2. The molecular weight excluding hydrogens is 328 g/mol. The van der Waals surface area contributed by atoms with E-state index in [-0.39, 0.29) is 35.3 Å². The number of carbonyl (C=O) groups is 2. The fourth-order valence-electron chi connectivity index (χ4n) is 3.84. The number of benzene rings is 1. The summed E-state index contributed by atoms with van der Waals surface area (Å²) in [5.74, 6) is -0.735. The van der Waals surface area contributed by atoms with Crippen molar-refractivity contribution >= 4 is 11.9 Å². The third-order valence-corrected chi connectivity index (χ3v) is 5.31. The molecule has 0 amide bonds. The van der Waals surface area contributed by atoms with Crippen LogP contribution >= 0.6 is 0 Å². The van der Waals surface area contributed by atoms with E-state index in [4.69, 9.17) is 9.47 Å². The molecule has 0 saturated heterocycles. The van der Waals surface area contributed by atoms with E-state index in [1.165, 1.54) is 17.2 Å². The van der Waals surface area contributed by atoms with Crippen molar-refractivity contribution in [2.75, 3.05) is 0 Å². The zero-order chi connectivity index (χ0) is 19.1. The van der Waals surface area contributed by atoms with Gasteiger partial charge in [0.15, 0.2) is 0 Å². The van der Waals surface area contributed by atoms with Crippen LogP contribution in [0.15, 0.2) is 36.4 Å². The molecule has 0 heterocycles. The fraction of sp³-hybridized carbons (Fsp3) is 0.545. The maximum Gasteiger partial charge on any atom is 0.330 e. The first-order valence-electron chi connectivity index (χ1n) is 9.26. The Morgan fingerprint density at radius 3 is 2.23 bits per heavy atom. The zero-order valence-electron chi connectivity index (χ0n) is 16.2. The van der Waals surface area contributed by atoms with Gasteiger partial charge in [0.25, 0.3) is 0 Å². The van der Waals surface area contributed by atoms with E-state index in [2.05, 4.69) is 12.1 Å². The molecule has 0 N–H and O–H groups in total. The van der Waals surface area contributed by atoms with Crippen molar-refractivity contribution < 1.29 is 19.1 Å². The predicted molar refractivity (Wildman–Crippen MR) is 99.5 cm³/mol. The molecule has 1 aromatic rings. The van der Waals surface area contributed by atoms with Gasteiger partial charge in [0, 0.05) is 18.9 Å². The molecule has 0 aromatic heterocycles. The lowest BCUT2D eigenvalue weighted by Gasteiger charge is -2.17. The second kappa shape index (κ2) is 6.57. The number of esters is 2. The summed E-state index contributed by atoms with van der Waals surface area (Å²) in [6.45, 7) is 9.57. The maximum absolute atomic E-state index is 12.6. The highest BCUT2D eigenvalue weighted by molar-refractivity contribution is 5.83. The summed E-state index contributed by atoms with van der Waals surface area (Å²) in [6, 6.07) is 8.22. The van der Waals surface area contributed by atoms with Gasteiger partial charge in [0.1, 0.15) is 11.7 Å². The van der Waals surface area contributed by atoms with Gasteiger partial charge in [0.2, 0.25) is 0 Å².